The second kappa shape index (κ2) is 11.7. The molecule has 0 N–H and O–H groups in total. The number of hydrogen-bond donors (Lipinski definition) is 0. The molecular weight excluding hydrogens is 342 g/mol. The third-order valence-electron chi connectivity index (χ3n) is 3.72. The highest BCUT2D eigenvalue weighted by Crippen LogP contribution is 2.19. The largest absolute Gasteiger partial charge is 0.513 e. The van der Waals surface area contributed by atoms with Crippen LogP contribution in [0.3, 0.4) is 0 Å². The van der Waals surface area contributed by atoms with Gasteiger partial charge >= 0.3 is 6.16 Å². The van der Waals surface area contributed by atoms with Crippen LogP contribution < -0.4 is 9.47 Å². The normalized spacial score (nSPS) is 10.7. The summed E-state index contributed by atoms with van der Waals surface area (Å²) in [6.45, 7) is 5.28. The summed E-state index contributed by atoms with van der Waals surface area (Å²) in [7, 11) is 0. The maximum Gasteiger partial charge on any atom is 0.513 e. The van der Waals surface area contributed by atoms with Crippen molar-refractivity contribution in [3.63, 3.8) is 0 Å². The Morgan fingerprint density at radius 2 is 1.59 bits per heavy atom. The van der Waals surface area contributed by atoms with Crippen molar-refractivity contribution in [1.82, 2.24) is 0 Å². The molecule has 2 aromatic carbocycles. The monoisotopic (exact) mass is 369 g/mol. The van der Waals surface area contributed by atoms with E-state index in [1.807, 2.05) is 24.3 Å². The van der Waals surface area contributed by atoms with E-state index in [-0.39, 0.29) is 0 Å². The number of ether oxygens (including phenoxy) is 3. The van der Waals surface area contributed by atoms with Crippen LogP contribution in [0.4, 0.5) is 10.5 Å². The van der Waals surface area contributed by atoms with Gasteiger partial charge in [-0.2, -0.15) is 0 Å². The number of carbonyl (C=O) groups excluding carboxylic acids is 1. The average molecular weight is 369 g/mol. The van der Waals surface area contributed by atoms with Gasteiger partial charge in [0.15, 0.2) is 0 Å². The summed E-state index contributed by atoms with van der Waals surface area (Å²) in [4.78, 5) is 16.0. The molecule has 0 spiro atoms. The highest BCUT2D eigenvalue weighted by Gasteiger charge is 2.05. The molecule has 0 saturated heterocycles. The van der Waals surface area contributed by atoms with E-state index in [4.69, 9.17) is 14.2 Å². The lowest BCUT2D eigenvalue weighted by atomic mass is 10.2. The van der Waals surface area contributed by atoms with Crippen LogP contribution in [-0.2, 0) is 4.74 Å². The van der Waals surface area contributed by atoms with E-state index >= 15 is 0 Å². The van der Waals surface area contributed by atoms with Gasteiger partial charge in [-0.15, -0.1) is 0 Å². The molecule has 0 aromatic heterocycles. The summed E-state index contributed by atoms with van der Waals surface area (Å²) in [5.41, 5.74) is 1.75. The van der Waals surface area contributed by atoms with Gasteiger partial charge in [-0.3, -0.25) is 4.99 Å². The lowest BCUT2D eigenvalue weighted by Gasteiger charge is -2.05. The fraction of sp³-hybridized carbons (Fsp3) is 0.364. The zero-order chi connectivity index (χ0) is 19.3. The quantitative estimate of drug-likeness (QED) is 0.225. The summed E-state index contributed by atoms with van der Waals surface area (Å²) in [6.07, 6.45) is 5.06. The van der Waals surface area contributed by atoms with Crippen LogP contribution in [0.25, 0.3) is 0 Å². The molecule has 0 bridgehead atoms. The minimum absolute atomic E-state index is 0.386. The van der Waals surface area contributed by atoms with Gasteiger partial charge in [-0.1, -0.05) is 26.7 Å². The first kappa shape index (κ1) is 20.5. The molecule has 2 aromatic rings. The minimum atomic E-state index is -0.673. The first-order valence-corrected chi connectivity index (χ1v) is 9.43. The molecule has 0 atom stereocenters. The van der Waals surface area contributed by atoms with Crippen LogP contribution in [-0.4, -0.2) is 25.6 Å². The Bertz CT molecular complexity index is 708. The molecule has 2 rings (SSSR count). The van der Waals surface area contributed by atoms with Crippen molar-refractivity contribution in [3.05, 3.63) is 54.1 Å². The molecule has 0 aliphatic heterocycles. The van der Waals surface area contributed by atoms with E-state index in [1.54, 1.807) is 30.5 Å². The van der Waals surface area contributed by atoms with E-state index in [0.29, 0.717) is 19.0 Å². The molecular formula is C22H27NO4. The molecule has 0 saturated carbocycles. The Labute approximate surface area is 161 Å². The Kier molecular flexibility index (Phi) is 8.90. The van der Waals surface area contributed by atoms with Gasteiger partial charge in [0.25, 0.3) is 0 Å². The number of benzene rings is 2. The van der Waals surface area contributed by atoms with Gasteiger partial charge in [0.05, 0.1) is 18.9 Å². The van der Waals surface area contributed by atoms with Crippen LogP contribution >= 0.6 is 0 Å². The summed E-state index contributed by atoms with van der Waals surface area (Å²) < 4.78 is 15.7. The van der Waals surface area contributed by atoms with Crippen molar-refractivity contribution < 1.29 is 19.0 Å². The lowest BCUT2D eigenvalue weighted by molar-refractivity contribution is 0.0974. The summed E-state index contributed by atoms with van der Waals surface area (Å²) in [6, 6.07) is 14.7. The summed E-state index contributed by atoms with van der Waals surface area (Å²) in [5, 5.41) is 0. The van der Waals surface area contributed by atoms with Crippen LogP contribution in [0.15, 0.2) is 53.5 Å². The van der Waals surface area contributed by atoms with E-state index in [1.165, 1.54) is 0 Å². The molecule has 0 heterocycles. The zero-order valence-electron chi connectivity index (χ0n) is 16.0. The van der Waals surface area contributed by atoms with Gasteiger partial charge in [-0.25, -0.2) is 4.79 Å². The molecule has 0 amide bonds. The van der Waals surface area contributed by atoms with Crippen molar-refractivity contribution >= 4 is 18.1 Å². The minimum Gasteiger partial charge on any atom is -0.494 e. The third-order valence-corrected chi connectivity index (χ3v) is 3.72. The van der Waals surface area contributed by atoms with Crippen molar-refractivity contribution in [3.8, 4) is 11.5 Å². The van der Waals surface area contributed by atoms with Crippen molar-refractivity contribution in [2.45, 2.75) is 39.5 Å². The molecule has 27 heavy (non-hydrogen) atoms. The lowest BCUT2D eigenvalue weighted by Crippen LogP contribution is -2.11. The second-order valence-electron chi connectivity index (χ2n) is 6.08. The van der Waals surface area contributed by atoms with E-state index in [0.717, 1.165) is 42.7 Å². The van der Waals surface area contributed by atoms with E-state index < -0.39 is 6.16 Å². The Morgan fingerprint density at radius 1 is 0.889 bits per heavy atom. The summed E-state index contributed by atoms with van der Waals surface area (Å²) in [5.74, 6) is 1.30. The van der Waals surface area contributed by atoms with Gasteiger partial charge in [0, 0.05) is 6.21 Å². The molecule has 144 valence electrons. The van der Waals surface area contributed by atoms with Crippen LogP contribution in [0, 0.1) is 0 Å². The fourth-order valence-corrected chi connectivity index (χ4v) is 2.25. The molecule has 5 heteroatoms. The number of aliphatic imine (C=N–C) groups is 1. The zero-order valence-corrected chi connectivity index (χ0v) is 16.0. The molecule has 0 unspecified atom stereocenters. The molecule has 0 radical (unpaired) electrons. The van der Waals surface area contributed by atoms with Crippen molar-refractivity contribution in [1.29, 1.82) is 0 Å². The molecule has 0 aliphatic rings. The molecule has 5 nitrogen and oxygen atoms in total. The number of hydrogen-bond acceptors (Lipinski definition) is 5. The standard InChI is InChI=1S/C22H27NO4/c1-3-5-6-16-26-22(24)27-21-13-9-19(10-14-21)23-17-18-7-11-20(12-8-18)25-15-4-2/h7-14,17H,3-6,15-16H2,1-2H3. The predicted octanol–water partition coefficient (Wildman–Crippen LogP) is 5.93. The number of nitrogens with zero attached hydrogens (tertiary/aromatic N) is 1. The van der Waals surface area contributed by atoms with Crippen LogP contribution in [0.1, 0.15) is 45.1 Å². The highest BCUT2D eigenvalue weighted by molar-refractivity contribution is 5.82. The smallest absolute Gasteiger partial charge is 0.494 e. The fourth-order valence-electron chi connectivity index (χ4n) is 2.25. The Morgan fingerprint density at radius 3 is 2.26 bits per heavy atom. The van der Waals surface area contributed by atoms with Crippen molar-refractivity contribution in [2.75, 3.05) is 13.2 Å². The van der Waals surface area contributed by atoms with E-state index in [2.05, 4.69) is 18.8 Å². The third kappa shape index (κ3) is 7.94. The van der Waals surface area contributed by atoms with Gasteiger partial charge in [-0.05, 0) is 66.9 Å². The SMILES string of the molecule is CCCCCOC(=O)Oc1ccc(N=Cc2ccc(OCCC)cc2)cc1. The average Bonchev–Trinajstić information content (AvgIpc) is 2.70. The Balaban J connectivity index is 1.82. The molecule has 0 fully saturated rings. The first-order chi connectivity index (χ1) is 13.2. The first-order valence-electron chi connectivity index (χ1n) is 9.43. The number of unbranched alkanes of at least 4 members (excludes halogenated alkanes) is 2. The second-order valence-corrected chi connectivity index (χ2v) is 6.08. The van der Waals surface area contributed by atoms with Crippen LogP contribution in [0.5, 0.6) is 11.5 Å². The number of carbonyl (C=O) groups is 1. The van der Waals surface area contributed by atoms with Gasteiger partial charge < -0.3 is 14.2 Å². The maximum atomic E-state index is 11.6. The topological polar surface area (TPSA) is 57.1 Å². The van der Waals surface area contributed by atoms with E-state index in [9.17, 15) is 4.79 Å². The maximum absolute atomic E-state index is 11.6. The van der Waals surface area contributed by atoms with Gasteiger partial charge in [0.1, 0.15) is 11.5 Å². The summed E-state index contributed by atoms with van der Waals surface area (Å²) >= 11 is 0. The number of rotatable bonds is 10. The van der Waals surface area contributed by atoms with Gasteiger partial charge in [0.2, 0.25) is 0 Å². The molecule has 0 aliphatic carbocycles. The van der Waals surface area contributed by atoms with Crippen LogP contribution in [0.2, 0.25) is 0 Å². The van der Waals surface area contributed by atoms with Crippen molar-refractivity contribution in [2.24, 2.45) is 4.99 Å². The Hall–Kier alpha value is -2.82. The highest BCUT2D eigenvalue weighted by atomic mass is 16.7. The predicted molar refractivity (Wildman–Crippen MR) is 107 cm³/mol.